The Morgan fingerprint density at radius 1 is 1.75 bits per heavy atom. The van der Waals surface area contributed by atoms with Crippen LogP contribution in [0.5, 0.6) is 0 Å². The monoisotopic (exact) mass is 225 g/mol. The van der Waals surface area contributed by atoms with Gasteiger partial charge in [0.15, 0.2) is 5.84 Å². The first kappa shape index (κ1) is 12.0. The molecule has 0 aliphatic heterocycles. The summed E-state index contributed by atoms with van der Waals surface area (Å²) in [4.78, 5) is 17.3. The van der Waals surface area contributed by atoms with Crippen LogP contribution in [0.15, 0.2) is 17.7 Å². The number of carbonyl (C=O) groups is 1. The van der Waals surface area contributed by atoms with E-state index in [0.717, 1.165) is 0 Å². The average molecular weight is 225 g/mol. The number of likely N-dealkylation sites (N-methyl/N-ethyl adjacent to an activating group) is 1. The van der Waals surface area contributed by atoms with Gasteiger partial charge in [0.2, 0.25) is 0 Å². The summed E-state index contributed by atoms with van der Waals surface area (Å²) in [6, 6.07) is 0. The van der Waals surface area contributed by atoms with Crippen molar-refractivity contribution in [2.24, 2.45) is 17.9 Å². The quantitative estimate of drug-likeness (QED) is 0.316. The minimum atomic E-state index is -0.241. The van der Waals surface area contributed by atoms with Gasteiger partial charge in [-0.2, -0.15) is 0 Å². The van der Waals surface area contributed by atoms with E-state index < -0.39 is 0 Å². The third kappa shape index (κ3) is 2.72. The smallest absolute Gasteiger partial charge is 0.274 e. The van der Waals surface area contributed by atoms with Crippen LogP contribution in [-0.2, 0) is 7.05 Å². The molecule has 0 fully saturated rings. The number of amides is 1. The number of oxime groups is 1. The van der Waals surface area contributed by atoms with Crippen LogP contribution < -0.4 is 5.73 Å². The third-order valence-electron chi connectivity index (χ3n) is 2.07. The SMILES string of the molecule is CCN(CC(N)=NO)C(=O)c1cn(C)cn1. The number of amidine groups is 1. The minimum absolute atomic E-state index is 0.00821. The van der Waals surface area contributed by atoms with Gasteiger partial charge in [-0.3, -0.25) is 4.79 Å². The van der Waals surface area contributed by atoms with Gasteiger partial charge in [0.1, 0.15) is 5.69 Å². The van der Waals surface area contributed by atoms with Crippen LogP contribution in [0.4, 0.5) is 0 Å². The summed E-state index contributed by atoms with van der Waals surface area (Å²) < 4.78 is 1.69. The van der Waals surface area contributed by atoms with Crippen molar-refractivity contribution in [1.29, 1.82) is 0 Å². The largest absolute Gasteiger partial charge is 0.409 e. The summed E-state index contributed by atoms with van der Waals surface area (Å²) in [5, 5.41) is 11.3. The van der Waals surface area contributed by atoms with Gasteiger partial charge in [0.05, 0.1) is 12.9 Å². The maximum atomic E-state index is 11.9. The number of aryl methyl sites for hydroxylation is 1. The molecule has 0 saturated carbocycles. The van der Waals surface area contributed by atoms with Crippen molar-refractivity contribution in [3.05, 3.63) is 18.2 Å². The third-order valence-corrected chi connectivity index (χ3v) is 2.07. The zero-order valence-electron chi connectivity index (χ0n) is 9.29. The Bertz CT molecular complexity index is 398. The molecule has 7 nitrogen and oxygen atoms in total. The van der Waals surface area contributed by atoms with Crippen LogP contribution in [0.2, 0.25) is 0 Å². The highest BCUT2D eigenvalue weighted by molar-refractivity contribution is 5.95. The molecular formula is C9H15N5O2. The number of rotatable bonds is 4. The highest BCUT2D eigenvalue weighted by Gasteiger charge is 2.17. The molecule has 1 aromatic heterocycles. The Balaban J connectivity index is 2.77. The Hall–Kier alpha value is -2.05. The van der Waals surface area contributed by atoms with Gasteiger partial charge in [-0.05, 0) is 6.92 Å². The Kier molecular flexibility index (Phi) is 3.87. The van der Waals surface area contributed by atoms with E-state index in [1.807, 2.05) is 6.92 Å². The zero-order chi connectivity index (χ0) is 12.1. The molecule has 1 heterocycles. The summed E-state index contributed by atoms with van der Waals surface area (Å²) in [7, 11) is 1.78. The van der Waals surface area contributed by atoms with Gasteiger partial charge in [0, 0.05) is 19.8 Å². The van der Waals surface area contributed by atoms with E-state index >= 15 is 0 Å². The number of carbonyl (C=O) groups excluding carboxylic acids is 1. The molecule has 1 amide bonds. The molecule has 16 heavy (non-hydrogen) atoms. The van der Waals surface area contributed by atoms with Gasteiger partial charge in [0.25, 0.3) is 5.91 Å². The molecule has 0 aliphatic rings. The second-order valence-corrected chi connectivity index (χ2v) is 3.34. The van der Waals surface area contributed by atoms with Gasteiger partial charge in [-0.15, -0.1) is 0 Å². The fraction of sp³-hybridized carbons (Fsp3) is 0.444. The molecule has 0 radical (unpaired) electrons. The second kappa shape index (κ2) is 5.15. The van der Waals surface area contributed by atoms with Crippen molar-refractivity contribution in [2.45, 2.75) is 6.92 Å². The van der Waals surface area contributed by atoms with E-state index in [2.05, 4.69) is 10.1 Å². The van der Waals surface area contributed by atoms with Crippen LogP contribution >= 0.6 is 0 Å². The van der Waals surface area contributed by atoms with E-state index in [0.29, 0.717) is 12.2 Å². The molecule has 88 valence electrons. The Morgan fingerprint density at radius 3 is 2.88 bits per heavy atom. The number of nitrogens with two attached hydrogens (primary N) is 1. The summed E-state index contributed by atoms with van der Waals surface area (Å²) in [6.07, 6.45) is 3.17. The molecule has 0 atom stereocenters. The fourth-order valence-corrected chi connectivity index (χ4v) is 1.24. The summed E-state index contributed by atoms with van der Waals surface area (Å²) in [5.74, 6) is -0.249. The van der Waals surface area contributed by atoms with E-state index in [9.17, 15) is 4.79 Å². The molecular weight excluding hydrogens is 210 g/mol. The van der Waals surface area contributed by atoms with Gasteiger partial charge >= 0.3 is 0 Å². The molecule has 0 saturated heterocycles. The van der Waals surface area contributed by atoms with Crippen LogP contribution in [0.1, 0.15) is 17.4 Å². The molecule has 1 rings (SSSR count). The van der Waals surface area contributed by atoms with Gasteiger partial charge < -0.3 is 20.4 Å². The normalized spacial score (nSPS) is 11.5. The number of hydrogen-bond donors (Lipinski definition) is 2. The Labute approximate surface area is 93.2 Å². The van der Waals surface area contributed by atoms with Crippen LogP contribution in [0.25, 0.3) is 0 Å². The Morgan fingerprint density at radius 2 is 2.44 bits per heavy atom. The summed E-state index contributed by atoms with van der Waals surface area (Å²) in [5.41, 5.74) is 5.69. The highest BCUT2D eigenvalue weighted by Crippen LogP contribution is 2.01. The number of imidazole rings is 1. The predicted molar refractivity (Wildman–Crippen MR) is 58.2 cm³/mol. The van der Waals surface area contributed by atoms with Crippen molar-refractivity contribution in [3.63, 3.8) is 0 Å². The molecule has 0 aromatic carbocycles. The average Bonchev–Trinajstić information content (AvgIpc) is 2.71. The minimum Gasteiger partial charge on any atom is -0.409 e. The lowest BCUT2D eigenvalue weighted by Crippen LogP contribution is -2.38. The second-order valence-electron chi connectivity index (χ2n) is 3.34. The number of aromatic nitrogens is 2. The van der Waals surface area contributed by atoms with Crippen LogP contribution in [-0.4, -0.2) is 44.5 Å². The summed E-state index contributed by atoms with van der Waals surface area (Å²) in [6.45, 7) is 2.36. The molecule has 1 aromatic rings. The standard InChI is InChI=1S/C9H15N5O2/c1-3-14(5-8(10)12-16)9(15)7-4-13(2)6-11-7/h4,6,16H,3,5H2,1-2H3,(H2,10,12). The molecule has 0 unspecified atom stereocenters. The van der Waals surface area contributed by atoms with Crippen molar-refractivity contribution in [1.82, 2.24) is 14.5 Å². The van der Waals surface area contributed by atoms with Crippen molar-refractivity contribution >= 4 is 11.7 Å². The number of hydrogen-bond acceptors (Lipinski definition) is 4. The van der Waals surface area contributed by atoms with Crippen molar-refractivity contribution < 1.29 is 10.0 Å². The van der Waals surface area contributed by atoms with E-state index in [-0.39, 0.29) is 18.3 Å². The van der Waals surface area contributed by atoms with E-state index in [4.69, 9.17) is 10.9 Å². The fourth-order valence-electron chi connectivity index (χ4n) is 1.24. The first-order chi connectivity index (χ1) is 7.58. The van der Waals surface area contributed by atoms with Crippen molar-refractivity contribution in [2.75, 3.05) is 13.1 Å². The highest BCUT2D eigenvalue weighted by atomic mass is 16.4. The molecule has 0 spiro atoms. The lowest BCUT2D eigenvalue weighted by atomic mass is 10.3. The predicted octanol–water partition coefficient (Wildman–Crippen LogP) is -0.371. The van der Waals surface area contributed by atoms with E-state index in [1.165, 1.54) is 4.90 Å². The maximum absolute atomic E-state index is 11.9. The summed E-state index contributed by atoms with van der Waals surface area (Å²) >= 11 is 0. The van der Waals surface area contributed by atoms with Gasteiger partial charge in [-0.25, -0.2) is 4.98 Å². The molecule has 0 bridgehead atoms. The lowest BCUT2D eigenvalue weighted by Gasteiger charge is -2.18. The lowest BCUT2D eigenvalue weighted by molar-refractivity contribution is 0.0781. The first-order valence-electron chi connectivity index (χ1n) is 4.82. The maximum Gasteiger partial charge on any atom is 0.274 e. The molecule has 3 N–H and O–H groups in total. The van der Waals surface area contributed by atoms with Crippen LogP contribution in [0, 0.1) is 0 Å². The van der Waals surface area contributed by atoms with Gasteiger partial charge in [-0.1, -0.05) is 5.16 Å². The molecule has 0 aliphatic carbocycles. The number of nitrogens with zero attached hydrogens (tertiary/aromatic N) is 4. The van der Waals surface area contributed by atoms with Crippen LogP contribution in [0.3, 0.4) is 0 Å². The van der Waals surface area contributed by atoms with E-state index in [1.54, 1.807) is 24.1 Å². The topological polar surface area (TPSA) is 96.7 Å². The molecule has 7 heteroatoms. The zero-order valence-corrected chi connectivity index (χ0v) is 9.29. The first-order valence-corrected chi connectivity index (χ1v) is 4.82. The van der Waals surface area contributed by atoms with Crippen molar-refractivity contribution in [3.8, 4) is 0 Å².